The number of aryl methyl sites for hydroxylation is 1. The van der Waals surface area contributed by atoms with Crippen molar-refractivity contribution in [1.82, 2.24) is 0 Å². The fourth-order valence-electron chi connectivity index (χ4n) is 0.736. The Labute approximate surface area is 69.4 Å². The van der Waals surface area contributed by atoms with Crippen molar-refractivity contribution in [3.8, 4) is 0 Å². The van der Waals surface area contributed by atoms with Crippen molar-refractivity contribution in [2.45, 2.75) is 12.7 Å². The zero-order valence-electron chi connectivity index (χ0n) is 5.87. The fraction of sp³-hybridized carbons (Fsp3) is 0.333. The van der Waals surface area contributed by atoms with Gasteiger partial charge in [-0.25, -0.2) is 8.42 Å². The van der Waals surface area contributed by atoms with Crippen LogP contribution in [0.15, 0.2) is 16.7 Å². The summed E-state index contributed by atoms with van der Waals surface area (Å²) >= 11 is 0. The van der Waals surface area contributed by atoms with Crippen LogP contribution in [0.3, 0.4) is 0 Å². The zero-order valence-corrected chi connectivity index (χ0v) is 7.45. The Morgan fingerprint density at radius 1 is 1.64 bits per heavy atom. The van der Waals surface area contributed by atoms with Crippen LogP contribution in [0.1, 0.15) is 11.3 Å². The minimum atomic E-state index is -3.49. The van der Waals surface area contributed by atoms with E-state index in [1.165, 1.54) is 6.26 Å². The molecule has 11 heavy (non-hydrogen) atoms. The average molecular weight is 195 g/mol. The number of hydrogen-bond acceptors (Lipinski definition) is 3. The summed E-state index contributed by atoms with van der Waals surface area (Å²) in [7, 11) is 1.50. The Morgan fingerprint density at radius 2 is 2.27 bits per heavy atom. The van der Waals surface area contributed by atoms with Gasteiger partial charge in [-0.3, -0.25) is 0 Å². The summed E-state index contributed by atoms with van der Waals surface area (Å²) in [5.41, 5.74) is 0.889. The van der Waals surface area contributed by atoms with Gasteiger partial charge in [-0.15, -0.1) is 0 Å². The molecule has 0 fully saturated rings. The summed E-state index contributed by atoms with van der Waals surface area (Å²) < 4.78 is 25.9. The molecule has 0 aliphatic heterocycles. The molecule has 0 aliphatic rings. The maximum atomic E-state index is 10.5. The highest BCUT2D eigenvalue weighted by Crippen LogP contribution is 2.12. The van der Waals surface area contributed by atoms with Crippen LogP contribution in [-0.4, -0.2) is 8.42 Å². The molecule has 0 unspecified atom stereocenters. The summed E-state index contributed by atoms with van der Waals surface area (Å²) in [6.45, 7) is 1.81. The molecule has 3 nitrogen and oxygen atoms in total. The second-order valence-corrected chi connectivity index (χ2v) is 5.05. The van der Waals surface area contributed by atoms with Gasteiger partial charge in [0.15, 0.2) is 0 Å². The molecule has 0 N–H and O–H groups in total. The predicted octanol–water partition coefficient (Wildman–Crippen LogP) is 1.66. The molecule has 0 amide bonds. The van der Waals surface area contributed by atoms with Gasteiger partial charge in [0.05, 0.1) is 6.26 Å². The standard InChI is InChI=1S/C6H7ClO3S/c1-5-2-6(10-3-5)4-11(7,8)9/h2-3H,4H2,1H3. The SMILES string of the molecule is Cc1coc(CS(=O)(=O)Cl)c1. The minimum absolute atomic E-state index is 0.248. The molecule has 0 aliphatic carbocycles. The van der Waals surface area contributed by atoms with Gasteiger partial charge in [0, 0.05) is 10.7 Å². The Kier molecular flexibility index (Phi) is 2.25. The van der Waals surface area contributed by atoms with E-state index in [1.54, 1.807) is 6.07 Å². The molecule has 0 radical (unpaired) electrons. The van der Waals surface area contributed by atoms with Gasteiger partial charge in [-0.1, -0.05) is 0 Å². The minimum Gasteiger partial charge on any atom is -0.468 e. The second kappa shape index (κ2) is 2.87. The van der Waals surface area contributed by atoms with Crippen molar-refractivity contribution in [1.29, 1.82) is 0 Å². The Hall–Kier alpha value is -0.480. The van der Waals surface area contributed by atoms with E-state index in [4.69, 9.17) is 15.1 Å². The van der Waals surface area contributed by atoms with E-state index < -0.39 is 9.05 Å². The molecule has 0 saturated carbocycles. The third kappa shape index (κ3) is 2.95. The van der Waals surface area contributed by atoms with Crippen LogP contribution in [0.4, 0.5) is 0 Å². The van der Waals surface area contributed by atoms with Crippen LogP contribution in [0, 0.1) is 6.92 Å². The number of halogens is 1. The lowest BCUT2D eigenvalue weighted by atomic mass is 10.4. The van der Waals surface area contributed by atoms with Gasteiger partial charge in [-0.05, 0) is 18.6 Å². The van der Waals surface area contributed by atoms with Crippen molar-refractivity contribution in [3.05, 3.63) is 23.7 Å². The molecule has 0 bridgehead atoms. The highest BCUT2D eigenvalue weighted by atomic mass is 35.7. The van der Waals surface area contributed by atoms with Crippen molar-refractivity contribution < 1.29 is 12.8 Å². The van der Waals surface area contributed by atoms with Gasteiger partial charge >= 0.3 is 0 Å². The first kappa shape index (κ1) is 8.62. The van der Waals surface area contributed by atoms with Gasteiger partial charge in [0.1, 0.15) is 11.5 Å². The van der Waals surface area contributed by atoms with Crippen LogP contribution in [0.5, 0.6) is 0 Å². The van der Waals surface area contributed by atoms with Gasteiger partial charge < -0.3 is 4.42 Å². The van der Waals surface area contributed by atoms with Crippen LogP contribution >= 0.6 is 10.7 Å². The lowest BCUT2D eigenvalue weighted by Crippen LogP contribution is -1.92. The molecular weight excluding hydrogens is 188 g/mol. The molecule has 1 aromatic rings. The van der Waals surface area contributed by atoms with Crippen LogP contribution in [0.2, 0.25) is 0 Å². The van der Waals surface area contributed by atoms with E-state index in [9.17, 15) is 8.42 Å². The molecule has 1 rings (SSSR count). The lowest BCUT2D eigenvalue weighted by Gasteiger charge is -1.88. The van der Waals surface area contributed by atoms with Crippen molar-refractivity contribution in [2.24, 2.45) is 0 Å². The first-order valence-electron chi connectivity index (χ1n) is 2.94. The smallest absolute Gasteiger partial charge is 0.239 e. The maximum absolute atomic E-state index is 10.5. The molecular formula is C6H7ClO3S. The highest BCUT2D eigenvalue weighted by molar-refractivity contribution is 8.13. The van der Waals surface area contributed by atoms with Crippen LogP contribution in [-0.2, 0) is 14.8 Å². The third-order valence-corrected chi connectivity index (χ3v) is 2.06. The summed E-state index contributed by atoms with van der Waals surface area (Å²) in [6, 6.07) is 1.64. The Balaban J connectivity index is 2.81. The lowest BCUT2D eigenvalue weighted by molar-refractivity contribution is 0.522. The van der Waals surface area contributed by atoms with E-state index in [-0.39, 0.29) is 5.75 Å². The predicted molar refractivity (Wildman–Crippen MR) is 41.9 cm³/mol. The fourth-order valence-corrected chi connectivity index (χ4v) is 1.55. The normalized spacial score (nSPS) is 11.8. The Bertz CT molecular complexity index is 338. The van der Waals surface area contributed by atoms with Crippen LogP contribution < -0.4 is 0 Å². The number of furan rings is 1. The van der Waals surface area contributed by atoms with E-state index in [0.29, 0.717) is 5.76 Å². The molecule has 5 heteroatoms. The average Bonchev–Trinajstić information content (AvgIpc) is 2.10. The largest absolute Gasteiger partial charge is 0.468 e. The number of rotatable bonds is 2. The second-order valence-electron chi connectivity index (χ2n) is 2.27. The van der Waals surface area contributed by atoms with Crippen molar-refractivity contribution in [3.63, 3.8) is 0 Å². The van der Waals surface area contributed by atoms with Gasteiger partial charge in [-0.2, -0.15) is 0 Å². The zero-order chi connectivity index (χ0) is 8.48. The summed E-state index contributed by atoms with van der Waals surface area (Å²) in [4.78, 5) is 0. The molecule has 0 atom stereocenters. The summed E-state index contributed by atoms with van der Waals surface area (Å²) in [5, 5.41) is 0. The molecule has 62 valence electrons. The molecule has 0 spiro atoms. The van der Waals surface area contributed by atoms with Gasteiger partial charge in [0.2, 0.25) is 9.05 Å². The van der Waals surface area contributed by atoms with E-state index in [1.807, 2.05) is 6.92 Å². The summed E-state index contributed by atoms with van der Waals surface area (Å²) in [5.74, 6) is 0.125. The molecule has 0 saturated heterocycles. The first-order chi connectivity index (χ1) is 4.97. The quantitative estimate of drug-likeness (QED) is 0.673. The monoisotopic (exact) mass is 194 g/mol. The van der Waals surface area contributed by atoms with E-state index >= 15 is 0 Å². The topological polar surface area (TPSA) is 47.3 Å². The highest BCUT2D eigenvalue weighted by Gasteiger charge is 2.09. The van der Waals surface area contributed by atoms with E-state index in [2.05, 4.69) is 0 Å². The van der Waals surface area contributed by atoms with Crippen LogP contribution in [0.25, 0.3) is 0 Å². The maximum Gasteiger partial charge on any atom is 0.239 e. The number of hydrogen-bond donors (Lipinski definition) is 0. The third-order valence-electron chi connectivity index (χ3n) is 1.10. The van der Waals surface area contributed by atoms with Crippen molar-refractivity contribution in [2.75, 3.05) is 0 Å². The van der Waals surface area contributed by atoms with E-state index in [0.717, 1.165) is 5.56 Å². The van der Waals surface area contributed by atoms with Gasteiger partial charge in [0.25, 0.3) is 0 Å². The summed E-state index contributed by atoms with van der Waals surface area (Å²) in [6.07, 6.45) is 1.48. The Morgan fingerprint density at radius 3 is 2.64 bits per heavy atom. The van der Waals surface area contributed by atoms with Crippen molar-refractivity contribution >= 4 is 19.7 Å². The molecule has 1 heterocycles. The first-order valence-corrected chi connectivity index (χ1v) is 5.41. The molecule has 0 aromatic carbocycles. The molecule has 1 aromatic heterocycles.